The lowest BCUT2D eigenvalue weighted by Gasteiger charge is -2.14. The maximum atomic E-state index is 13.0. The van der Waals surface area contributed by atoms with Gasteiger partial charge in [0.1, 0.15) is 29.3 Å². The van der Waals surface area contributed by atoms with E-state index in [-0.39, 0.29) is 5.57 Å². The number of halogens is 1. The molecule has 6 nitrogen and oxygen atoms in total. The van der Waals surface area contributed by atoms with E-state index in [0.29, 0.717) is 45.3 Å². The van der Waals surface area contributed by atoms with Gasteiger partial charge in [-0.15, -0.1) is 11.3 Å². The maximum absolute atomic E-state index is 13.0. The van der Waals surface area contributed by atoms with E-state index < -0.39 is 5.91 Å². The molecule has 1 N–H and O–H groups in total. The van der Waals surface area contributed by atoms with E-state index in [2.05, 4.69) is 27.3 Å². The van der Waals surface area contributed by atoms with Crippen molar-refractivity contribution >= 4 is 44.3 Å². The molecule has 0 spiro atoms. The van der Waals surface area contributed by atoms with Crippen LogP contribution in [0.1, 0.15) is 52.5 Å². The summed E-state index contributed by atoms with van der Waals surface area (Å²) in [6.45, 7) is 4.72. The molecule has 0 saturated carbocycles. The van der Waals surface area contributed by atoms with Crippen molar-refractivity contribution in [3.05, 3.63) is 79.1 Å². The predicted octanol–water partition coefficient (Wildman–Crippen LogP) is 7.09. The Bertz CT molecular complexity index is 1430. The van der Waals surface area contributed by atoms with Crippen LogP contribution in [-0.4, -0.2) is 12.5 Å². The fourth-order valence-corrected chi connectivity index (χ4v) is 5.81. The number of nitrogens with one attached hydrogen (secondary N) is 1. The fraction of sp³-hybridized carbons (Fsp3) is 0.276. The lowest BCUT2D eigenvalue weighted by Crippen LogP contribution is -2.13. The molecule has 0 fully saturated rings. The van der Waals surface area contributed by atoms with Gasteiger partial charge in [-0.3, -0.25) is 4.79 Å². The largest absolute Gasteiger partial charge is 0.490 e. The summed E-state index contributed by atoms with van der Waals surface area (Å²) in [5.74, 6) is 0.513. The highest BCUT2D eigenvalue weighted by molar-refractivity contribution is 9.10. The number of nitriles is 2. The number of amides is 1. The van der Waals surface area contributed by atoms with E-state index in [0.717, 1.165) is 41.7 Å². The first-order valence-electron chi connectivity index (χ1n) is 12.1. The third-order valence-corrected chi connectivity index (χ3v) is 7.95. The molecule has 1 heterocycles. The summed E-state index contributed by atoms with van der Waals surface area (Å²) >= 11 is 4.97. The highest BCUT2D eigenvalue weighted by atomic mass is 79.9. The van der Waals surface area contributed by atoms with Gasteiger partial charge in [-0.1, -0.05) is 45.8 Å². The van der Waals surface area contributed by atoms with Crippen molar-refractivity contribution in [2.45, 2.75) is 46.1 Å². The second kappa shape index (κ2) is 12.1. The standard InChI is InChI=1S/C29H26BrN3O3S/c1-3-35-25-13-20(24(30)14-26(25)36-17-19-10-8-18(2)9-11-19)12-21(15-31)28(34)33-29-23(16-32)22-6-4-5-7-27(22)37-29/h8-14H,3-7,17H2,1-2H3,(H,33,34)/b21-12+. The van der Waals surface area contributed by atoms with Gasteiger partial charge in [0, 0.05) is 9.35 Å². The SMILES string of the molecule is CCOc1cc(/C=C(\C#N)C(=O)Nc2sc3c(c2C#N)CCCC3)c(Br)cc1OCc1ccc(C)cc1. The minimum Gasteiger partial charge on any atom is -0.490 e. The minimum absolute atomic E-state index is 0.0771. The summed E-state index contributed by atoms with van der Waals surface area (Å²) in [5.41, 5.74) is 4.28. The van der Waals surface area contributed by atoms with E-state index in [1.807, 2.05) is 44.2 Å². The van der Waals surface area contributed by atoms with Gasteiger partial charge in [0.05, 0.1) is 12.2 Å². The number of carbonyl (C=O) groups is 1. The van der Waals surface area contributed by atoms with Gasteiger partial charge < -0.3 is 14.8 Å². The Labute approximate surface area is 229 Å². The van der Waals surface area contributed by atoms with E-state index in [1.165, 1.54) is 23.0 Å². The summed E-state index contributed by atoms with van der Waals surface area (Å²) in [6.07, 6.45) is 5.38. The molecule has 2 aromatic carbocycles. The molecule has 1 aromatic heterocycles. The number of fused-ring (bicyclic) bond motifs is 1. The van der Waals surface area contributed by atoms with E-state index in [1.54, 1.807) is 12.1 Å². The first-order chi connectivity index (χ1) is 17.9. The van der Waals surface area contributed by atoms with E-state index >= 15 is 0 Å². The van der Waals surface area contributed by atoms with Gasteiger partial charge in [0.25, 0.3) is 5.91 Å². The van der Waals surface area contributed by atoms with Gasteiger partial charge in [-0.05, 0) is 74.4 Å². The van der Waals surface area contributed by atoms with Gasteiger partial charge >= 0.3 is 0 Å². The van der Waals surface area contributed by atoms with E-state index in [4.69, 9.17) is 9.47 Å². The van der Waals surface area contributed by atoms with E-state index in [9.17, 15) is 15.3 Å². The van der Waals surface area contributed by atoms with Gasteiger partial charge in [0.15, 0.2) is 11.5 Å². The van der Waals surface area contributed by atoms with Crippen molar-refractivity contribution in [3.8, 4) is 23.6 Å². The number of benzene rings is 2. The Kier molecular flexibility index (Phi) is 8.66. The van der Waals surface area contributed by atoms with Crippen molar-refractivity contribution in [1.82, 2.24) is 0 Å². The normalized spacial score (nSPS) is 12.7. The van der Waals surface area contributed by atoms with Crippen LogP contribution in [0.2, 0.25) is 0 Å². The highest BCUT2D eigenvalue weighted by Crippen LogP contribution is 2.38. The van der Waals surface area contributed by atoms with Crippen LogP contribution in [0.25, 0.3) is 6.08 Å². The Morgan fingerprint density at radius 2 is 1.86 bits per heavy atom. The Hall–Kier alpha value is -3.59. The molecule has 0 atom stereocenters. The predicted molar refractivity (Wildman–Crippen MR) is 149 cm³/mol. The number of carbonyl (C=O) groups excluding carboxylic acids is 1. The van der Waals surface area contributed by atoms with Crippen LogP contribution < -0.4 is 14.8 Å². The van der Waals surface area contributed by atoms with Gasteiger partial charge in [0.2, 0.25) is 0 Å². The summed E-state index contributed by atoms with van der Waals surface area (Å²) in [4.78, 5) is 14.2. The smallest absolute Gasteiger partial charge is 0.266 e. The minimum atomic E-state index is -0.554. The maximum Gasteiger partial charge on any atom is 0.266 e. The summed E-state index contributed by atoms with van der Waals surface area (Å²) < 4.78 is 12.5. The molecular formula is C29H26BrN3O3S. The number of thiophene rings is 1. The zero-order valence-corrected chi connectivity index (χ0v) is 23.1. The molecule has 0 aliphatic heterocycles. The molecule has 3 aromatic rings. The third kappa shape index (κ3) is 6.22. The number of anilines is 1. The van der Waals surface area contributed by atoms with Crippen molar-refractivity contribution in [2.75, 3.05) is 11.9 Å². The Morgan fingerprint density at radius 1 is 1.14 bits per heavy atom. The monoisotopic (exact) mass is 575 g/mol. The van der Waals surface area contributed by atoms with Crippen LogP contribution in [-0.2, 0) is 24.2 Å². The number of nitrogens with zero attached hydrogens (tertiary/aromatic N) is 2. The first-order valence-corrected chi connectivity index (χ1v) is 13.7. The lowest BCUT2D eigenvalue weighted by molar-refractivity contribution is -0.112. The van der Waals surface area contributed by atoms with Crippen LogP contribution in [0.3, 0.4) is 0 Å². The van der Waals surface area contributed by atoms with Crippen LogP contribution >= 0.6 is 27.3 Å². The topological polar surface area (TPSA) is 95.1 Å². The summed E-state index contributed by atoms with van der Waals surface area (Å²) in [7, 11) is 0. The van der Waals surface area contributed by atoms with Crippen molar-refractivity contribution in [1.29, 1.82) is 10.5 Å². The van der Waals surface area contributed by atoms with Crippen molar-refractivity contribution in [3.63, 3.8) is 0 Å². The zero-order valence-electron chi connectivity index (χ0n) is 20.7. The lowest BCUT2D eigenvalue weighted by atomic mass is 9.96. The van der Waals surface area contributed by atoms with Gasteiger partial charge in [-0.2, -0.15) is 10.5 Å². The summed E-state index contributed by atoms with van der Waals surface area (Å²) in [5, 5.41) is 22.7. The number of rotatable bonds is 8. The van der Waals surface area contributed by atoms with Crippen molar-refractivity contribution in [2.24, 2.45) is 0 Å². The second-order valence-corrected chi connectivity index (χ2v) is 10.6. The molecule has 37 heavy (non-hydrogen) atoms. The van der Waals surface area contributed by atoms with Crippen LogP contribution in [0, 0.1) is 29.6 Å². The molecule has 1 aliphatic carbocycles. The first kappa shape index (κ1) is 26.5. The van der Waals surface area contributed by atoms with Crippen LogP contribution in [0.4, 0.5) is 5.00 Å². The molecule has 8 heteroatoms. The Morgan fingerprint density at radius 3 is 2.57 bits per heavy atom. The number of hydrogen-bond acceptors (Lipinski definition) is 6. The number of hydrogen-bond donors (Lipinski definition) is 1. The molecule has 0 saturated heterocycles. The quantitative estimate of drug-likeness (QED) is 0.228. The van der Waals surface area contributed by atoms with Crippen molar-refractivity contribution < 1.29 is 14.3 Å². The summed E-state index contributed by atoms with van der Waals surface area (Å²) in [6, 6.07) is 15.8. The molecule has 4 rings (SSSR count). The zero-order chi connectivity index (χ0) is 26.4. The number of aryl methyl sites for hydroxylation is 2. The molecule has 0 unspecified atom stereocenters. The van der Waals surface area contributed by atoms with Crippen LogP contribution in [0.15, 0.2) is 46.4 Å². The third-order valence-electron chi connectivity index (χ3n) is 6.05. The Balaban J connectivity index is 1.57. The fourth-order valence-electron chi connectivity index (χ4n) is 4.13. The van der Waals surface area contributed by atoms with Gasteiger partial charge in [-0.25, -0.2) is 0 Å². The molecule has 0 radical (unpaired) electrons. The molecule has 0 bridgehead atoms. The highest BCUT2D eigenvalue weighted by Gasteiger charge is 2.23. The molecule has 1 amide bonds. The molecule has 188 valence electrons. The molecule has 1 aliphatic rings. The average molecular weight is 577 g/mol. The number of ether oxygens (including phenoxy) is 2. The second-order valence-electron chi connectivity index (χ2n) is 8.68. The molecular weight excluding hydrogens is 550 g/mol. The van der Waals surface area contributed by atoms with Crippen LogP contribution in [0.5, 0.6) is 11.5 Å². The average Bonchev–Trinajstić information content (AvgIpc) is 3.25.